The Labute approximate surface area is 147 Å². The van der Waals surface area contributed by atoms with E-state index >= 15 is 0 Å². The minimum Gasteiger partial charge on any atom is -0.435 e. The third kappa shape index (κ3) is 6.53. The molecule has 0 atom stereocenters. The molecule has 1 amide bonds. The smallest absolute Gasteiger partial charge is 0.387 e. The lowest BCUT2D eigenvalue weighted by Gasteiger charge is -2.22. The molecule has 0 fully saturated rings. The van der Waals surface area contributed by atoms with E-state index in [1.165, 1.54) is 12.1 Å². The van der Waals surface area contributed by atoms with E-state index in [4.69, 9.17) is 0 Å². The van der Waals surface area contributed by atoms with Crippen LogP contribution in [0.1, 0.15) is 30.9 Å². The number of hydrogen-bond acceptors (Lipinski definition) is 2. The molecular formula is C20H23F2NO2. The van der Waals surface area contributed by atoms with Crippen molar-refractivity contribution in [2.24, 2.45) is 0 Å². The number of rotatable bonds is 9. The van der Waals surface area contributed by atoms with E-state index < -0.39 is 6.61 Å². The van der Waals surface area contributed by atoms with Crippen LogP contribution in [0.2, 0.25) is 0 Å². The van der Waals surface area contributed by atoms with Crippen LogP contribution in [-0.2, 0) is 17.8 Å². The SMILES string of the molecule is CCCN(Cc1ccccc1)C(=O)CCc1ccc(OC(F)F)cc1. The highest BCUT2D eigenvalue weighted by Gasteiger charge is 2.13. The molecule has 134 valence electrons. The summed E-state index contributed by atoms with van der Waals surface area (Å²) in [6, 6.07) is 16.3. The van der Waals surface area contributed by atoms with Crippen molar-refractivity contribution in [1.29, 1.82) is 0 Å². The quantitative estimate of drug-likeness (QED) is 0.660. The molecule has 0 aliphatic rings. The van der Waals surface area contributed by atoms with Crippen LogP contribution in [-0.4, -0.2) is 24.0 Å². The fourth-order valence-electron chi connectivity index (χ4n) is 2.61. The topological polar surface area (TPSA) is 29.5 Å². The predicted octanol–water partition coefficient (Wildman–Crippen LogP) is 4.66. The van der Waals surface area contributed by atoms with Gasteiger partial charge in [0.05, 0.1) is 0 Å². The van der Waals surface area contributed by atoms with Crippen LogP contribution in [0.25, 0.3) is 0 Å². The minimum atomic E-state index is -2.83. The Morgan fingerprint density at radius 1 is 1.04 bits per heavy atom. The van der Waals surface area contributed by atoms with Gasteiger partial charge in [0.25, 0.3) is 0 Å². The first-order valence-electron chi connectivity index (χ1n) is 8.44. The molecule has 0 spiro atoms. The molecule has 0 unspecified atom stereocenters. The molecule has 0 heterocycles. The zero-order valence-electron chi connectivity index (χ0n) is 14.3. The summed E-state index contributed by atoms with van der Waals surface area (Å²) in [6.07, 6.45) is 1.86. The first kappa shape index (κ1) is 18.9. The molecule has 2 aromatic carbocycles. The number of benzene rings is 2. The Hall–Kier alpha value is -2.43. The second kappa shape index (κ2) is 9.77. The highest BCUT2D eigenvalue weighted by Crippen LogP contribution is 2.16. The van der Waals surface area contributed by atoms with Crippen LogP contribution in [0.3, 0.4) is 0 Å². The monoisotopic (exact) mass is 347 g/mol. The lowest BCUT2D eigenvalue weighted by atomic mass is 10.1. The molecule has 0 aliphatic carbocycles. The van der Waals surface area contributed by atoms with Crippen molar-refractivity contribution in [2.75, 3.05) is 6.54 Å². The summed E-state index contributed by atoms with van der Waals surface area (Å²) in [4.78, 5) is 14.4. The van der Waals surface area contributed by atoms with E-state index in [1.54, 1.807) is 12.1 Å². The lowest BCUT2D eigenvalue weighted by molar-refractivity contribution is -0.131. The molecule has 0 saturated carbocycles. The number of nitrogens with zero attached hydrogens (tertiary/aromatic N) is 1. The molecule has 25 heavy (non-hydrogen) atoms. The van der Waals surface area contributed by atoms with Crippen LogP contribution >= 0.6 is 0 Å². The van der Waals surface area contributed by atoms with Crippen molar-refractivity contribution in [2.45, 2.75) is 39.3 Å². The van der Waals surface area contributed by atoms with Gasteiger partial charge in [-0.2, -0.15) is 8.78 Å². The lowest BCUT2D eigenvalue weighted by Crippen LogP contribution is -2.31. The number of carbonyl (C=O) groups excluding carboxylic acids is 1. The summed E-state index contributed by atoms with van der Waals surface area (Å²) in [6.45, 7) is 0.546. The summed E-state index contributed by atoms with van der Waals surface area (Å²) in [5, 5.41) is 0. The largest absolute Gasteiger partial charge is 0.435 e. The van der Waals surface area contributed by atoms with E-state index in [2.05, 4.69) is 4.74 Å². The summed E-state index contributed by atoms with van der Waals surface area (Å²) in [7, 11) is 0. The Bertz CT molecular complexity index is 645. The first-order valence-corrected chi connectivity index (χ1v) is 8.44. The second-order valence-corrected chi connectivity index (χ2v) is 5.82. The molecule has 0 aliphatic heterocycles. The van der Waals surface area contributed by atoms with Gasteiger partial charge in [-0.1, -0.05) is 49.4 Å². The molecule has 5 heteroatoms. The van der Waals surface area contributed by atoms with Gasteiger partial charge in [0.1, 0.15) is 5.75 Å². The van der Waals surface area contributed by atoms with Crippen molar-refractivity contribution < 1.29 is 18.3 Å². The van der Waals surface area contributed by atoms with Crippen molar-refractivity contribution in [1.82, 2.24) is 4.90 Å². The van der Waals surface area contributed by atoms with Gasteiger partial charge in [0, 0.05) is 19.5 Å². The standard InChI is InChI=1S/C20H23F2NO2/c1-2-14-23(15-17-6-4-3-5-7-17)19(24)13-10-16-8-11-18(12-9-16)25-20(21)22/h3-9,11-12,20H,2,10,13-15H2,1H3. The zero-order chi connectivity index (χ0) is 18.1. The van der Waals surface area contributed by atoms with Crippen molar-refractivity contribution in [3.8, 4) is 5.75 Å². The highest BCUT2D eigenvalue weighted by molar-refractivity contribution is 5.76. The Morgan fingerprint density at radius 2 is 1.72 bits per heavy atom. The molecule has 0 aromatic heterocycles. The normalized spacial score (nSPS) is 10.7. The van der Waals surface area contributed by atoms with Gasteiger partial charge in [0.2, 0.25) is 5.91 Å². The Balaban J connectivity index is 1.89. The molecular weight excluding hydrogens is 324 g/mol. The average Bonchev–Trinajstić information content (AvgIpc) is 2.61. The number of ether oxygens (including phenoxy) is 1. The van der Waals surface area contributed by atoms with Gasteiger partial charge in [-0.05, 0) is 36.1 Å². The Morgan fingerprint density at radius 3 is 2.32 bits per heavy atom. The fraction of sp³-hybridized carbons (Fsp3) is 0.350. The highest BCUT2D eigenvalue weighted by atomic mass is 19.3. The first-order chi connectivity index (χ1) is 12.1. The van der Waals surface area contributed by atoms with Crippen molar-refractivity contribution >= 4 is 5.91 Å². The Kier molecular flexibility index (Phi) is 7.38. The van der Waals surface area contributed by atoms with Crippen LogP contribution in [0.4, 0.5) is 8.78 Å². The average molecular weight is 347 g/mol. The molecule has 0 N–H and O–H groups in total. The molecule has 3 nitrogen and oxygen atoms in total. The van der Waals surface area contributed by atoms with Crippen LogP contribution in [0.5, 0.6) is 5.75 Å². The molecule has 0 radical (unpaired) electrons. The van der Waals surface area contributed by atoms with Crippen LogP contribution < -0.4 is 4.74 Å². The van der Waals surface area contributed by atoms with Gasteiger partial charge in [-0.25, -0.2) is 0 Å². The van der Waals surface area contributed by atoms with Gasteiger partial charge in [-0.3, -0.25) is 4.79 Å². The molecule has 2 rings (SSSR count). The summed E-state index contributed by atoms with van der Waals surface area (Å²) < 4.78 is 28.6. The van der Waals surface area contributed by atoms with Crippen molar-refractivity contribution in [3.05, 3.63) is 65.7 Å². The molecule has 0 saturated heterocycles. The summed E-state index contributed by atoms with van der Waals surface area (Å²) in [5.41, 5.74) is 2.03. The summed E-state index contributed by atoms with van der Waals surface area (Å²) >= 11 is 0. The van der Waals surface area contributed by atoms with E-state index in [0.29, 0.717) is 19.4 Å². The maximum atomic E-state index is 12.5. The number of halogens is 2. The molecule has 2 aromatic rings. The van der Waals surface area contributed by atoms with Crippen LogP contribution in [0.15, 0.2) is 54.6 Å². The van der Waals surface area contributed by atoms with Crippen molar-refractivity contribution in [3.63, 3.8) is 0 Å². The number of amides is 1. The molecule has 0 bridgehead atoms. The van der Waals surface area contributed by atoms with Gasteiger partial charge in [0.15, 0.2) is 0 Å². The van der Waals surface area contributed by atoms with E-state index in [0.717, 1.165) is 24.1 Å². The predicted molar refractivity (Wildman–Crippen MR) is 93.5 cm³/mol. The number of carbonyl (C=O) groups is 1. The zero-order valence-corrected chi connectivity index (χ0v) is 14.3. The maximum absolute atomic E-state index is 12.5. The van der Waals surface area contributed by atoms with Gasteiger partial charge in [-0.15, -0.1) is 0 Å². The number of alkyl halides is 2. The fourth-order valence-corrected chi connectivity index (χ4v) is 2.61. The number of hydrogen-bond donors (Lipinski definition) is 0. The maximum Gasteiger partial charge on any atom is 0.387 e. The second-order valence-electron chi connectivity index (χ2n) is 5.82. The van der Waals surface area contributed by atoms with E-state index in [9.17, 15) is 13.6 Å². The minimum absolute atomic E-state index is 0.0959. The van der Waals surface area contributed by atoms with Crippen LogP contribution in [0, 0.1) is 0 Å². The van der Waals surface area contributed by atoms with E-state index in [1.807, 2.05) is 42.2 Å². The van der Waals surface area contributed by atoms with E-state index in [-0.39, 0.29) is 11.7 Å². The summed E-state index contributed by atoms with van der Waals surface area (Å²) in [5.74, 6) is 0.223. The number of aryl methyl sites for hydroxylation is 1. The van der Waals surface area contributed by atoms with Gasteiger partial charge >= 0.3 is 6.61 Å². The third-order valence-corrected chi connectivity index (χ3v) is 3.84. The third-order valence-electron chi connectivity index (χ3n) is 3.84. The van der Waals surface area contributed by atoms with Gasteiger partial charge < -0.3 is 9.64 Å².